The summed E-state index contributed by atoms with van der Waals surface area (Å²) in [6, 6.07) is 0. The Balaban J connectivity index is 3.52. The fourth-order valence-electron chi connectivity index (χ4n) is 0.577. The Morgan fingerprint density at radius 3 is 2.33 bits per heavy atom. The largest absolute Gasteiger partial charge is 0.376 e. The van der Waals surface area contributed by atoms with E-state index in [1.54, 1.807) is 0 Å². The van der Waals surface area contributed by atoms with Crippen molar-refractivity contribution in [2.75, 3.05) is 13.2 Å². The van der Waals surface area contributed by atoms with Crippen LogP contribution in [-0.2, 0) is 19.1 Å². The molecule has 0 saturated heterocycles. The van der Waals surface area contributed by atoms with Crippen molar-refractivity contribution in [2.45, 2.75) is 26.1 Å². The molecule has 4 nitrogen and oxygen atoms in total. The Hall–Kier alpha value is -0.740. The van der Waals surface area contributed by atoms with Gasteiger partial charge in [0.2, 0.25) is 0 Å². The molecule has 0 aliphatic carbocycles. The van der Waals surface area contributed by atoms with Gasteiger partial charge in [-0.05, 0) is 13.8 Å². The first-order chi connectivity index (χ1) is 5.70. The third kappa shape index (κ3) is 6.00. The quantitative estimate of drug-likeness (QED) is 0.517. The van der Waals surface area contributed by atoms with Crippen molar-refractivity contribution in [3.63, 3.8) is 0 Å². The Bertz CT molecular complexity index is 133. The zero-order chi connectivity index (χ0) is 9.40. The second kappa shape index (κ2) is 6.94. The fourth-order valence-corrected chi connectivity index (χ4v) is 0.577. The molecule has 0 amide bonds. The highest BCUT2D eigenvalue weighted by Gasteiger charge is 2.07. The van der Waals surface area contributed by atoms with Crippen LogP contribution in [0.3, 0.4) is 0 Å². The summed E-state index contributed by atoms with van der Waals surface area (Å²) in [5.74, 6) is 0. The zero-order valence-corrected chi connectivity index (χ0v) is 7.36. The lowest BCUT2D eigenvalue weighted by Crippen LogP contribution is -2.24. The SMILES string of the molecule is CC(C)OC[C@H](C=O)OCC=O. The van der Waals surface area contributed by atoms with Crippen molar-refractivity contribution in [3.8, 4) is 0 Å². The first-order valence-electron chi connectivity index (χ1n) is 3.82. The van der Waals surface area contributed by atoms with Crippen molar-refractivity contribution in [1.82, 2.24) is 0 Å². The second-order valence-electron chi connectivity index (χ2n) is 2.56. The average molecular weight is 174 g/mol. The Morgan fingerprint density at radius 2 is 1.92 bits per heavy atom. The van der Waals surface area contributed by atoms with Crippen molar-refractivity contribution < 1.29 is 19.1 Å². The van der Waals surface area contributed by atoms with E-state index in [9.17, 15) is 9.59 Å². The van der Waals surface area contributed by atoms with Gasteiger partial charge in [0.25, 0.3) is 0 Å². The number of carbonyl (C=O) groups is 2. The smallest absolute Gasteiger partial charge is 0.151 e. The van der Waals surface area contributed by atoms with Crippen LogP contribution in [0.4, 0.5) is 0 Å². The van der Waals surface area contributed by atoms with Gasteiger partial charge in [-0.1, -0.05) is 0 Å². The zero-order valence-electron chi connectivity index (χ0n) is 7.36. The lowest BCUT2D eigenvalue weighted by Gasteiger charge is -2.12. The monoisotopic (exact) mass is 174 g/mol. The first kappa shape index (κ1) is 11.3. The van der Waals surface area contributed by atoms with E-state index in [1.165, 1.54) is 0 Å². The van der Waals surface area contributed by atoms with Crippen LogP contribution < -0.4 is 0 Å². The van der Waals surface area contributed by atoms with E-state index in [-0.39, 0.29) is 19.3 Å². The molecule has 1 atom stereocenters. The maximum absolute atomic E-state index is 10.3. The molecule has 0 unspecified atom stereocenters. The number of rotatable bonds is 7. The van der Waals surface area contributed by atoms with Gasteiger partial charge < -0.3 is 19.1 Å². The summed E-state index contributed by atoms with van der Waals surface area (Å²) in [5, 5.41) is 0. The molecular formula is C8H14O4. The Morgan fingerprint density at radius 1 is 1.25 bits per heavy atom. The standard InChI is InChI=1S/C8H14O4/c1-7(2)12-6-8(5-10)11-4-3-9/h3,5,7-8H,4,6H2,1-2H3/t8-/m0/s1. The van der Waals surface area contributed by atoms with Crippen LogP contribution in [0, 0.1) is 0 Å². The molecule has 4 heteroatoms. The fraction of sp³-hybridized carbons (Fsp3) is 0.750. The highest BCUT2D eigenvalue weighted by Crippen LogP contribution is 1.93. The minimum atomic E-state index is -0.627. The maximum atomic E-state index is 10.3. The highest BCUT2D eigenvalue weighted by atomic mass is 16.5. The molecular weight excluding hydrogens is 160 g/mol. The molecule has 0 bridgehead atoms. The predicted molar refractivity (Wildman–Crippen MR) is 43.0 cm³/mol. The van der Waals surface area contributed by atoms with Crippen LogP contribution >= 0.6 is 0 Å². The topological polar surface area (TPSA) is 52.6 Å². The first-order valence-corrected chi connectivity index (χ1v) is 3.82. The predicted octanol–water partition coefficient (Wildman–Crippen LogP) is 0.194. The van der Waals surface area contributed by atoms with E-state index < -0.39 is 6.10 Å². The molecule has 0 N–H and O–H groups in total. The van der Waals surface area contributed by atoms with Gasteiger partial charge >= 0.3 is 0 Å². The molecule has 12 heavy (non-hydrogen) atoms. The maximum Gasteiger partial charge on any atom is 0.151 e. The van der Waals surface area contributed by atoms with Gasteiger partial charge in [-0.15, -0.1) is 0 Å². The lowest BCUT2D eigenvalue weighted by molar-refractivity contribution is -0.127. The molecule has 0 spiro atoms. The number of hydrogen-bond acceptors (Lipinski definition) is 4. The van der Waals surface area contributed by atoms with E-state index in [0.717, 1.165) is 0 Å². The van der Waals surface area contributed by atoms with Crippen LogP contribution in [-0.4, -0.2) is 38.0 Å². The minimum Gasteiger partial charge on any atom is -0.376 e. The van der Waals surface area contributed by atoms with Gasteiger partial charge in [0.05, 0.1) is 12.7 Å². The third-order valence-electron chi connectivity index (χ3n) is 1.12. The van der Waals surface area contributed by atoms with E-state index in [1.807, 2.05) is 13.8 Å². The van der Waals surface area contributed by atoms with E-state index >= 15 is 0 Å². The normalized spacial score (nSPS) is 12.9. The van der Waals surface area contributed by atoms with Gasteiger partial charge in [0, 0.05) is 0 Å². The van der Waals surface area contributed by atoms with Gasteiger partial charge in [0.15, 0.2) is 6.29 Å². The van der Waals surface area contributed by atoms with Gasteiger partial charge in [-0.3, -0.25) is 0 Å². The van der Waals surface area contributed by atoms with Crippen molar-refractivity contribution >= 4 is 12.6 Å². The number of aldehydes is 2. The van der Waals surface area contributed by atoms with Crippen molar-refractivity contribution in [2.24, 2.45) is 0 Å². The summed E-state index contributed by atoms with van der Waals surface area (Å²) in [4.78, 5) is 20.2. The van der Waals surface area contributed by atoms with Crippen LogP contribution in [0.15, 0.2) is 0 Å². The van der Waals surface area contributed by atoms with Crippen LogP contribution in [0.5, 0.6) is 0 Å². The van der Waals surface area contributed by atoms with Gasteiger partial charge in [0.1, 0.15) is 19.0 Å². The molecule has 70 valence electrons. The van der Waals surface area contributed by atoms with E-state index in [4.69, 9.17) is 9.47 Å². The molecule has 0 fully saturated rings. The summed E-state index contributed by atoms with van der Waals surface area (Å²) >= 11 is 0. The lowest BCUT2D eigenvalue weighted by atomic mass is 10.4. The van der Waals surface area contributed by atoms with Gasteiger partial charge in [-0.25, -0.2) is 0 Å². The molecule has 0 rings (SSSR count). The average Bonchev–Trinajstić information content (AvgIpc) is 2.05. The number of ether oxygens (including phenoxy) is 2. The van der Waals surface area contributed by atoms with E-state index in [2.05, 4.69) is 0 Å². The summed E-state index contributed by atoms with van der Waals surface area (Å²) in [6.07, 6.45) is 0.669. The van der Waals surface area contributed by atoms with Crippen molar-refractivity contribution in [3.05, 3.63) is 0 Å². The van der Waals surface area contributed by atoms with Crippen LogP contribution in [0.25, 0.3) is 0 Å². The molecule has 0 heterocycles. The third-order valence-corrected chi connectivity index (χ3v) is 1.12. The van der Waals surface area contributed by atoms with Crippen LogP contribution in [0.2, 0.25) is 0 Å². The highest BCUT2D eigenvalue weighted by molar-refractivity contribution is 5.57. The van der Waals surface area contributed by atoms with Crippen LogP contribution in [0.1, 0.15) is 13.8 Å². The molecule has 0 aliphatic rings. The number of carbonyl (C=O) groups excluding carboxylic acids is 2. The molecule has 0 radical (unpaired) electrons. The Kier molecular flexibility index (Phi) is 6.51. The Labute approximate surface area is 71.8 Å². The van der Waals surface area contributed by atoms with E-state index in [0.29, 0.717) is 12.6 Å². The summed E-state index contributed by atoms with van der Waals surface area (Å²) < 4.78 is 9.95. The molecule has 0 aliphatic heterocycles. The molecule has 0 aromatic rings. The molecule has 0 aromatic carbocycles. The summed E-state index contributed by atoms with van der Waals surface area (Å²) in [7, 11) is 0. The molecule has 0 saturated carbocycles. The molecule has 0 aromatic heterocycles. The van der Waals surface area contributed by atoms with Gasteiger partial charge in [-0.2, -0.15) is 0 Å². The minimum absolute atomic E-state index is 0.0623. The second-order valence-corrected chi connectivity index (χ2v) is 2.56. The summed E-state index contributed by atoms with van der Waals surface area (Å²) in [6.45, 7) is 3.86. The van der Waals surface area contributed by atoms with Crippen molar-refractivity contribution in [1.29, 1.82) is 0 Å². The number of hydrogen-bond donors (Lipinski definition) is 0. The summed E-state index contributed by atoms with van der Waals surface area (Å²) in [5.41, 5.74) is 0.